The third-order valence-corrected chi connectivity index (χ3v) is 6.75. The highest BCUT2D eigenvalue weighted by Crippen LogP contribution is 2.34. The molecule has 6 heteroatoms. The van der Waals surface area contributed by atoms with E-state index in [-0.39, 0.29) is 30.6 Å². The zero-order chi connectivity index (χ0) is 20.8. The Balaban J connectivity index is 0.00000181. The molecule has 2 fully saturated rings. The van der Waals surface area contributed by atoms with Crippen molar-refractivity contribution < 1.29 is 9.53 Å². The zero-order valence-electron chi connectivity index (χ0n) is 19.0. The Hall–Kier alpha value is -1.75. The summed E-state index contributed by atoms with van der Waals surface area (Å²) >= 11 is 0. The van der Waals surface area contributed by atoms with Crippen molar-refractivity contribution in [3.8, 4) is 5.75 Å². The highest BCUT2D eigenvalue weighted by Gasteiger charge is 2.19. The van der Waals surface area contributed by atoms with Gasteiger partial charge in [0.15, 0.2) is 5.78 Å². The summed E-state index contributed by atoms with van der Waals surface area (Å²) < 4.78 is 5.24. The molecule has 1 aliphatic carbocycles. The van der Waals surface area contributed by atoms with E-state index in [1.165, 1.54) is 36.9 Å². The van der Waals surface area contributed by atoms with Crippen molar-refractivity contribution in [3.05, 3.63) is 59.7 Å². The summed E-state index contributed by atoms with van der Waals surface area (Å²) in [5.41, 5.74) is 3.55. The first-order valence-corrected chi connectivity index (χ1v) is 11.5. The normalized spacial score (nSPS) is 16.8. The van der Waals surface area contributed by atoms with Crippen molar-refractivity contribution in [1.29, 1.82) is 0 Å². The lowest BCUT2D eigenvalue weighted by Gasteiger charge is -2.36. The number of carbonyl (C=O) groups is 1. The van der Waals surface area contributed by atoms with E-state index < -0.39 is 0 Å². The number of carbonyl (C=O) groups excluding carboxylic acids is 1. The number of piperazine rings is 1. The monoisotopic (exact) mass is 478 g/mol. The van der Waals surface area contributed by atoms with E-state index in [0.29, 0.717) is 12.3 Å². The second-order valence-electron chi connectivity index (χ2n) is 8.66. The van der Waals surface area contributed by atoms with Gasteiger partial charge >= 0.3 is 0 Å². The van der Waals surface area contributed by atoms with Crippen LogP contribution in [0.3, 0.4) is 0 Å². The van der Waals surface area contributed by atoms with Crippen molar-refractivity contribution in [1.82, 2.24) is 4.90 Å². The smallest absolute Gasteiger partial charge is 0.162 e. The Morgan fingerprint density at radius 2 is 1.53 bits per heavy atom. The summed E-state index contributed by atoms with van der Waals surface area (Å²) in [5.74, 6) is 1.89. The third-order valence-electron chi connectivity index (χ3n) is 6.75. The van der Waals surface area contributed by atoms with Gasteiger partial charge in [0.25, 0.3) is 0 Å². The van der Waals surface area contributed by atoms with Crippen molar-refractivity contribution >= 4 is 36.3 Å². The maximum absolute atomic E-state index is 12.6. The molecule has 0 unspecified atom stereocenters. The van der Waals surface area contributed by atoms with E-state index in [1.54, 1.807) is 7.11 Å². The van der Waals surface area contributed by atoms with Crippen LogP contribution in [0.1, 0.15) is 60.4 Å². The minimum atomic E-state index is 0. The van der Waals surface area contributed by atoms with Crippen LogP contribution < -0.4 is 9.64 Å². The van der Waals surface area contributed by atoms with Gasteiger partial charge in [0, 0.05) is 43.9 Å². The van der Waals surface area contributed by atoms with Gasteiger partial charge in [0.2, 0.25) is 0 Å². The van der Waals surface area contributed by atoms with Gasteiger partial charge in [-0.05, 0) is 61.6 Å². The van der Waals surface area contributed by atoms with Crippen LogP contribution in [0.4, 0.5) is 5.69 Å². The molecule has 2 aromatic carbocycles. The molecule has 4 nitrogen and oxygen atoms in total. The van der Waals surface area contributed by atoms with Crippen LogP contribution in [0, 0.1) is 0 Å². The van der Waals surface area contributed by atoms with E-state index in [4.69, 9.17) is 4.74 Å². The molecule has 176 valence electrons. The largest absolute Gasteiger partial charge is 0.497 e. The zero-order valence-corrected chi connectivity index (χ0v) is 20.6. The average Bonchev–Trinajstić information content (AvgIpc) is 3.35. The molecular formula is C26H36Cl2N2O2. The predicted molar refractivity (Wildman–Crippen MR) is 137 cm³/mol. The molecule has 1 heterocycles. The number of ketones is 1. The van der Waals surface area contributed by atoms with Crippen molar-refractivity contribution in [2.45, 2.75) is 44.4 Å². The first-order chi connectivity index (χ1) is 14.7. The molecule has 1 aliphatic heterocycles. The Bertz CT molecular complexity index is 813. The first kappa shape index (κ1) is 26.5. The Labute approximate surface area is 205 Å². The average molecular weight is 479 g/mol. The van der Waals surface area contributed by atoms with E-state index in [2.05, 4.69) is 34.1 Å². The van der Waals surface area contributed by atoms with E-state index >= 15 is 0 Å². The standard InChI is InChI=1S/C26H34N2O2.2ClH/c1-30-25-14-12-24(13-15-25)28-19-17-27(18-20-28)16-4-7-26(29)23-10-8-22(9-11-23)21-5-2-3-6-21;;/h8-15,21H,2-7,16-20H2,1H3;2*1H. The number of hydrogen-bond donors (Lipinski definition) is 0. The van der Waals surface area contributed by atoms with Gasteiger partial charge in [-0.25, -0.2) is 0 Å². The highest BCUT2D eigenvalue weighted by atomic mass is 35.5. The molecule has 1 saturated heterocycles. The van der Waals surface area contributed by atoms with Crippen molar-refractivity contribution in [2.75, 3.05) is 44.7 Å². The molecular weight excluding hydrogens is 443 g/mol. The second-order valence-corrected chi connectivity index (χ2v) is 8.66. The molecule has 1 saturated carbocycles. The fourth-order valence-corrected chi connectivity index (χ4v) is 4.83. The molecule has 0 aromatic heterocycles. The van der Waals surface area contributed by atoms with Crippen LogP contribution in [0.5, 0.6) is 5.75 Å². The van der Waals surface area contributed by atoms with Crippen LogP contribution in [0.2, 0.25) is 0 Å². The maximum Gasteiger partial charge on any atom is 0.162 e. The molecule has 32 heavy (non-hydrogen) atoms. The molecule has 4 rings (SSSR count). The molecule has 2 aliphatic rings. The molecule has 0 N–H and O–H groups in total. The summed E-state index contributed by atoms with van der Waals surface area (Å²) in [7, 11) is 1.70. The van der Waals surface area contributed by atoms with Crippen LogP contribution >= 0.6 is 24.8 Å². The van der Waals surface area contributed by atoms with Gasteiger partial charge in [-0.1, -0.05) is 37.1 Å². The topological polar surface area (TPSA) is 32.8 Å². The van der Waals surface area contributed by atoms with Crippen molar-refractivity contribution in [3.63, 3.8) is 0 Å². The van der Waals surface area contributed by atoms with E-state index in [1.807, 2.05) is 24.3 Å². The third kappa shape index (κ3) is 6.87. The van der Waals surface area contributed by atoms with Crippen LogP contribution in [0.15, 0.2) is 48.5 Å². The Morgan fingerprint density at radius 3 is 2.12 bits per heavy atom. The quantitative estimate of drug-likeness (QED) is 0.436. The molecule has 0 spiro atoms. The van der Waals surface area contributed by atoms with Crippen LogP contribution in [-0.4, -0.2) is 50.5 Å². The van der Waals surface area contributed by atoms with Crippen LogP contribution in [0.25, 0.3) is 0 Å². The second kappa shape index (κ2) is 13.1. The summed E-state index contributed by atoms with van der Waals surface area (Å²) in [6, 6.07) is 16.8. The molecule has 0 bridgehead atoms. The Kier molecular flexibility index (Phi) is 10.8. The number of anilines is 1. The van der Waals surface area contributed by atoms with Crippen molar-refractivity contribution in [2.24, 2.45) is 0 Å². The SMILES string of the molecule is COc1ccc(N2CCN(CCCC(=O)c3ccc(C4CCCC4)cc3)CC2)cc1.Cl.Cl. The lowest BCUT2D eigenvalue weighted by molar-refractivity contribution is 0.0974. The van der Waals surface area contributed by atoms with Gasteiger partial charge in [0.05, 0.1) is 7.11 Å². The number of benzene rings is 2. The maximum atomic E-state index is 12.6. The fourth-order valence-electron chi connectivity index (χ4n) is 4.83. The molecule has 0 radical (unpaired) electrons. The summed E-state index contributed by atoms with van der Waals surface area (Å²) in [6.45, 7) is 5.17. The lowest BCUT2D eigenvalue weighted by Crippen LogP contribution is -2.46. The van der Waals surface area contributed by atoms with E-state index in [9.17, 15) is 4.79 Å². The fraction of sp³-hybridized carbons (Fsp3) is 0.500. The molecule has 0 amide bonds. The number of hydrogen-bond acceptors (Lipinski definition) is 4. The number of methoxy groups -OCH3 is 1. The minimum absolute atomic E-state index is 0. The van der Waals surface area contributed by atoms with Gasteiger partial charge in [-0.2, -0.15) is 0 Å². The van der Waals surface area contributed by atoms with Gasteiger partial charge in [-0.15, -0.1) is 24.8 Å². The number of halogens is 2. The number of Topliss-reactive ketones (excluding diaryl/α,β-unsaturated/α-hetero) is 1. The van der Waals surface area contributed by atoms with E-state index in [0.717, 1.165) is 50.5 Å². The summed E-state index contributed by atoms with van der Waals surface area (Å²) in [5, 5.41) is 0. The molecule has 2 aromatic rings. The number of nitrogens with zero attached hydrogens (tertiary/aromatic N) is 2. The molecule has 0 atom stereocenters. The number of rotatable bonds is 8. The minimum Gasteiger partial charge on any atom is -0.497 e. The number of ether oxygens (including phenoxy) is 1. The van der Waals surface area contributed by atoms with Gasteiger partial charge in [-0.3, -0.25) is 9.69 Å². The summed E-state index contributed by atoms with van der Waals surface area (Å²) in [6.07, 6.45) is 6.88. The predicted octanol–water partition coefficient (Wildman–Crippen LogP) is 5.98. The Morgan fingerprint density at radius 1 is 0.906 bits per heavy atom. The highest BCUT2D eigenvalue weighted by molar-refractivity contribution is 5.96. The first-order valence-electron chi connectivity index (χ1n) is 11.5. The lowest BCUT2D eigenvalue weighted by atomic mass is 9.95. The van der Waals surface area contributed by atoms with Gasteiger partial charge in [0.1, 0.15) is 5.75 Å². The van der Waals surface area contributed by atoms with Gasteiger partial charge < -0.3 is 9.64 Å². The summed E-state index contributed by atoms with van der Waals surface area (Å²) in [4.78, 5) is 17.5. The van der Waals surface area contributed by atoms with Crippen LogP contribution in [-0.2, 0) is 0 Å².